The fourth-order valence-corrected chi connectivity index (χ4v) is 5.44. The topological polar surface area (TPSA) is 105 Å². The highest BCUT2D eigenvalue weighted by molar-refractivity contribution is 7.80. The molecule has 0 bridgehead atoms. The molecule has 5 aromatic rings. The molecular weight excluding hydrogens is 605 g/mol. The van der Waals surface area contributed by atoms with Crippen LogP contribution in [-0.4, -0.2) is 47.2 Å². The van der Waals surface area contributed by atoms with Crippen molar-refractivity contribution >= 4 is 34.9 Å². The second-order valence-electron chi connectivity index (χ2n) is 11.1. The number of rotatable bonds is 12. The summed E-state index contributed by atoms with van der Waals surface area (Å²) in [6.45, 7) is -0.0552. The van der Waals surface area contributed by atoms with E-state index in [4.69, 9.17) is 18.0 Å². The van der Waals surface area contributed by atoms with Gasteiger partial charge in [-0.3, -0.25) is 14.4 Å². The summed E-state index contributed by atoms with van der Waals surface area (Å²) in [5, 5.41) is 5.27. The highest BCUT2D eigenvalue weighted by atomic mass is 32.1. The molecule has 7 nitrogen and oxygen atoms in total. The molecule has 5 rings (SSSR count). The number of thiocarbonyl (C=S) groups is 1. The number of benzene rings is 5. The molecular formula is C39H36N4O3S. The molecule has 4 N–H and O–H groups in total. The van der Waals surface area contributed by atoms with E-state index >= 15 is 0 Å². The molecule has 0 aliphatic heterocycles. The fourth-order valence-electron chi connectivity index (χ4n) is 5.30. The van der Waals surface area contributed by atoms with Crippen LogP contribution in [0.15, 0.2) is 133 Å². The van der Waals surface area contributed by atoms with Crippen LogP contribution in [0.3, 0.4) is 0 Å². The van der Waals surface area contributed by atoms with Crippen molar-refractivity contribution in [1.82, 2.24) is 15.5 Å². The molecule has 0 saturated carbocycles. The number of hydrogen-bond acceptors (Lipinski definition) is 4. The molecule has 3 amide bonds. The number of likely N-dealkylation sites (N-methyl/N-ethyl adjacent to an activating group) is 1. The number of nitrogens with two attached hydrogens (primary N) is 1. The van der Waals surface area contributed by atoms with E-state index in [0.717, 1.165) is 33.4 Å². The Morgan fingerprint density at radius 2 is 1.13 bits per heavy atom. The molecule has 0 aromatic heterocycles. The zero-order valence-corrected chi connectivity index (χ0v) is 26.9. The molecule has 1 unspecified atom stereocenters. The molecule has 0 spiro atoms. The zero-order valence-electron chi connectivity index (χ0n) is 26.1. The quantitative estimate of drug-likeness (QED) is 0.150. The largest absolute Gasteiger partial charge is 0.389 e. The molecule has 0 heterocycles. The minimum absolute atomic E-state index is 0.158. The van der Waals surface area contributed by atoms with Crippen LogP contribution in [0.5, 0.6) is 0 Å². The van der Waals surface area contributed by atoms with Crippen molar-refractivity contribution in [2.24, 2.45) is 5.73 Å². The van der Waals surface area contributed by atoms with Crippen LogP contribution in [0.1, 0.15) is 27.0 Å². The van der Waals surface area contributed by atoms with E-state index in [2.05, 4.69) is 10.6 Å². The average Bonchev–Trinajstić information content (AvgIpc) is 3.13. The highest BCUT2D eigenvalue weighted by Crippen LogP contribution is 2.24. The van der Waals surface area contributed by atoms with Gasteiger partial charge in [-0.15, -0.1) is 0 Å². The maximum atomic E-state index is 14.3. The number of nitrogens with one attached hydrogen (secondary N) is 2. The van der Waals surface area contributed by atoms with E-state index in [0.29, 0.717) is 11.1 Å². The van der Waals surface area contributed by atoms with Crippen molar-refractivity contribution in [3.05, 3.63) is 156 Å². The van der Waals surface area contributed by atoms with Crippen molar-refractivity contribution in [3.63, 3.8) is 0 Å². The predicted octanol–water partition coefficient (Wildman–Crippen LogP) is 5.77. The number of carbonyl (C=O) groups is 3. The van der Waals surface area contributed by atoms with Crippen LogP contribution in [0, 0.1) is 0 Å². The van der Waals surface area contributed by atoms with Gasteiger partial charge in [-0.25, -0.2) is 0 Å². The van der Waals surface area contributed by atoms with Gasteiger partial charge >= 0.3 is 0 Å². The van der Waals surface area contributed by atoms with Crippen LogP contribution in [0.4, 0.5) is 0 Å². The molecule has 5 aromatic carbocycles. The lowest BCUT2D eigenvalue weighted by molar-refractivity contribution is -0.129. The Kier molecular flexibility index (Phi) is 10.9. The van der Waals surface area contributed by atoms with Gasteiger partial charge in [-0.1, -0.05) is 134 Å². The lowest BCUT2D eigenvalue weighted by atomic mass is 9.98. The standard InChI is InChI=1S/C39H36N4O3S/c1-41-36(44)25-42-38(45)35(24-27-12-16-31(17-13-27)29-8-4-2-5-9-29)43(39(46)34-22-20-33(21-23-34)37(40)47)26-28-14-18-32(19-15-28)30-10-6-3-7-11-30/h2-23,35H,24-26H2,1H3,(H2,40,47)(H,41,44)(H,42,45). The lowest BCUT2D eigenvalue weighted by Gasteiger charge is -2.31. The number of hydrogen-bond donors (Lipinski definition) is 3. The first kappa shape index (κ1) is 32.8. The molecule has 0 radical (unpaired) electrons. The van der Waals surface area contributed by atoms with E-state index in [9.17, 15) is 14.4 Å². The first-order chi connectivity index (χ1) is 22.8. The Labute approximate surface area is 280 Å². The third kappa shape index (κ3) is 8.56. The lowest BCUT2D eigenvalue weighted by Crippen LogP contribution is -2.51. The molecule has 0 fully saturated rings. The molecule has 1 atom stereocenters. The smallest absolute Gasteiger partial charge is 0.254 e. The van der Waals surface area contributed by atoms with Crippen LogP contribution >= 0.6 is 12.2 Å². The van der Waals surface area contributed by atoms with Gasteiger partial charge in [-0.05, 0) is 45.5 Å². The van der Waals surface area contributed by atoms with Crippen molar-refractivity contribution in [2.45, 2.75) is 19.0 Å². The van der Waals surface area contributed by atoms with E-state index in [-0.39, 0.29) is 36.3 Å². The molecule has 236 valence electrons. The first-order valence-electron chi connectivity index (χ1n) is 15.3. The van der Waals surface area contributed by atoms with Gasteiger partial charge < -0.3 is 21.3 Å². The number of amides is 3. The Morgan fingerprint density at radius 1 is 0.660 bits per heavy atom. The van der Waals surface area contributed by atoms with Gasteiger partial charge in [0.15, 0.2) is 0 Å². The molecule has 8 heteroatoms. The van der Waals surface area contributed by atoms with E-state index in [1.165, 1.54) is 7.05 Å². The van der Waals surface area contributed by atoms with Crippen LogP contribution < -0.4 is 16.4 Å². The minimum atomic E-state index is -0.932. The summed E-state index contributed by atoms with van der Waals surface area (Å²) in [4.78, 5) is 42.1. The second-order valence-corrected chi connectivity index (χ2v) is 11.6. The molecule has 0 saturated heterocycles. The van der Waals surface area contributed by atoms with Crippen molar-refractivity contribution in [2.75, 3.05) is 13.6 Å². The Balaban J connectivity index is 1.50. The summed E-state index contributed by atoms with van der Waals surface area (Å²) in [7, 11) is 1.51. The van der Waals surface area contributed by atoms with Gasteiger partial charge in [0, 0.05) is 31.1 Å². The summed E-state index contributed by atoms with van der Waals surface area (Å²) in [5.41, 5.74) is 12.8. The zero-order chi connectivity index (χ0) is 33.2. The summed E-state index contributed by atoms with van der Waals surface area (Å²) in [6, 6.07) is 41.7. The van der Waals surface area contributed by atoms with E-state index in [1.54, 1.807) is 29.2 Å². The summed E-state index contributed by atoms with van der Waals surface area (Å²) < 4.78 is 0. The Morgan fingerprint density at radius 3 is 1.62 bits per heavy atom. The average molecular weight is 641 g/mol. The van der Waals surface area contributed by atoms with Crippen molar-refractivity contribution < 1.29 is 14.4 Å². The molecule has 0 aliphatic carbocycles. The number of carbonyl (C=O) groups excluding carboxylic acids is 3. The van der Waals surface area contributed by atoms with E-state index in [1.807, 2.05) is 109 Å². The Hall–Kier alpha value is -5.60. The Bertz CT molecular complexity index is 1830. The summed E-state index contributed by atoms with van der Waals surface area (Å²) in [6.07, 6.45) is 0.230. The van der Waals surface area contributed by atoms with Gasteiger partial charge in [0.05, 0.1) is 6.54 Å². The van der Waals surface area contributed by atoms with Crippen LogP contribution in [0.25, 0.3) is 22.3 Å². The minimum Gasteiger partial charge on any atom is -0.389 e. The maximum Gasteiger partial charge on any atom is 0.254 e. The van der Waals surface area contributed by atoms with Crippen LogP contribution in [0.2, 0.25) is 0 Å². The van der Waals surface area contributed by atoms with Gasteiger partial charge in [0.25, 0.3) is 5.91 Å². The summed E-state index contributed by atoms with van der Waals surface area (Å²) >= 11 is 5.10. The molecule has 0 aliphatic rings. The normalized spacial score (nSPS) is 11.3. The van der Waals surface area contributed by atoms with Crippen molar-refractivity contribution in [1.29, 1.82) is 0 Å². The van der Waals surface area contributed by atoms with Crippen molar-refractivity contribution in [3.8, 4) is 22.3 Å². The number of nitrogens with zero attached hydrogens (tertiary/aromatic N) is 1. The van der Waals surface area contributed by atoms with Gasteiger partial charge in [0.2, 0.25) is 11.8 Å². The highest BCUT2D eigenvalue weighted by Gasteiger charge is 2.31. The third-order valence-corrected chi connectivity index (χ3v) is 8.20. The monoisotopic (exact) mass is 640 g/mol. The SMILES string of the molecule is CNC(=O)CNC(=O)C(Cc1ccc(-c2ccccc2)cc1)N(Cc1ccc(-c2ccccc2)cc1)C(=O)c1ccc(C(N)=S)cc1. The fraction of sp³-hybridized carbons (Fsp3) is 0.128. The van der Waals surface area contributed by atoms with Gasteiger partial charge in [-0.2, -0.15) is 0 Å². The summed E-state index contributed by atoms with van der Waals surface area (Å²) in [5.74, 6) is -1.12. The second kappa shape index (κ2) is 15.6. The first-order valence-corrected chi connectivity index (χ1v) is 15.7. The van der Waals surface area contributed by atoms with Crippen LogP contribution in [-0.2, 0) is 22.6 Å². The van der Waals surface area contributed by atoms with Gasteiger partial charge in [0.1, 0.15) is 11.0 Å². The third-order valence-electron chi connectivity index (χ3n) is 7.96. The predicted molar refractivity (Wildman–Crippen MR) is 191 cm³/mol. The maximum absolute atomic E-state index is 14.3. The van der Waals surface area contributed by atoms with E-state index < -0.39 is 11.9 Å². The molecule has 47 heavy (non-hydrogen) atoms.